The van der Waals surface area contributed by atoms with Crippen molar-refractivity contribution in [1.82, 2.24) is 10.6 Å². The molecular formula is C16H28N2O8. The third kappa shape index (κ3) is 6.98. The Labute approximate surface area is 152 Å². The zero-order valence-corrected chi connectivity index (χ0v) is 15.0. The third-order valence-electron chi connectivity index (χ3n) is 3.68. The molecule has 5 atom stereocenters. The molecule has 1 heterocycles. The Morgan fingerprint density at radius 2 is 1.85 bits per heavy atom. The molecule has 1 saturated heterocycles. The molecule has 0 bridgehead atoms. The molecule has 2 unspecified atom stereocenters. The second-order valence-electron chi connectivity index (χ2n) is 5.95. The first-order chi connectivity index (χ1) is 12.3. The average molecular weight is 376 g/mol. The van der Waals surface area contributed by atoms with Gasteiger partial charge in [0, 0.05) is 19.0 Å². The maximum absolute atomic E-state index is 11.3. The van der Waals surface area contributed by atoms with E-state index < -0.39 is 43.2 Å². The van der Waals surface area contributed by atoms with Crippen LogP contribution in [-0.2, 0) is 23.8 Å². The highest BCUT2D eigenvalue weighted by molar-refractivity contribution is 5.92. The van der Waals surface area contributed by atoms with Crippen LogP contribution >= 0.6 is 0 Å². The molecule has 5 N–H and O–H groups in total. The van der Waals surface area contributed by atoms with Crippen molar-refractivity contribution in [3.8, 4) is 0 Å². The summed E-state index contributed by atoms with van der Waals surface area (Å²) < 4.78 is 16.2. The van der Waals surface area contributed by atoms with Gasteiger partial charge in [0.25, 0.3) is 0 Å². The molecule has 0 aromatic carbocycles. The highest BCUT2D eigenvalue weighted by atomic mass is 16.7. The topological polar surface area (TPSA) is 147 Å². The summed E-state index contributed by atoms with van der Waals surface area (Å²) in [5.41, 5.74) is 0.408. The molecule has 150 valence electrons. The van der Waals surface area contributed by atoms with Gasteiger partial charge in [0.15, 0.2) is 6.29 Å². The van der Waals surface area contributed by atoms with Crippen molar-refractivity contribution >= 4 is 11.8 Å². The van der Waals surface area contributed by atoms with E-state index in [1.54, 1.807) is 6.92 Å². The van der Waals surface area contributed by atoms with E-state index in [-0.39, 0.29) is 25.7 Å². The summed E-state index contributed by atoms with van der Waals surface area (Å²) in [6, 6.07) is -0.986. The standard InChI is InChI=1S/C16H28N2O8/c1-9(2)15(23)17-4-5-24-6-7-25-16-12(18-10(3)20)14(22)13(21)11(8-19)26-16/h11-14,16,19,21-22H,1,4-8H2,2-3H3,(H,17,23)(H,18,20)/t11?,12?,13-,14-,16-/m1/s1. The molecule has 10 heteroatoms. The Morgan fingerprint density at radius 3 is 2.42 bits per heavy atom. The molecule has 10 nitrogen and oxygen atoms in total. The minimum absolute atomic E-state index is 0.0795. The average Bonchev–Trinajstić information content (AvgIpc) is 2.59. The van der Waals surface area contributed by atoms with Crippen molar-refractivity contribution in [2.45, 2.75) is 44.5 Å². The second-order valence-corrected chi connectivity index (χ2v) is 5.95. The van der Waals surface area contributed by atoms with Crippen molar-refractivity contribution in [2.24, 2.45) is 0 Å². The fourth-order valence-electron chi connectivity index (χ4n) is 2.33. The number of ether oxygens (including phenoxy) is 3. The molecule has 0 aromatic rings. The second kappa shape index (κ2) is 11.2. The lowest BCUT2D eigenvalue weighted by Gasteiger charge is -2.42. The maximum Gasteiger partial charge on any atom is 0.246 e. The van der Waals surface area contributed by atoms with Gasteiger partial charge in [0.1, 0.15) is 24.4 Å². The van der Waals surface area contributed by atoms with Gasteiger partial charge in [0.05, 0.1) is 26.4 Å². The minimum atomic E-state index is -1.36. The lowest BCUT2D eigenvalue weighted by atomic mass is 9.97. The summed E-state index contributed by atoms with van der Waals surface area (Å²) >= 11 is 0. The van der Waals surface area contributed by atoms with Gasteiger partial charge in [0.2, 0.25) is 11.8 Å². The number of aliphatic hydroxyl groups excluding tert-OH is 3. The molecule has 26 heavy (non-hydrogen) atoms. The smallest absolute Gasteiger partial charge is 0.246 e. The molecule has 0 spiro atoms. The number of carbonyl (C=O) groups is 2. The van der Waals surface area contributed by atoms with Crippen LogP contribution in [0.25, 0.3) is 0 Å². The molecule has 2 amide bonds. The van der Waals surface area contributed by atoms with Gasteiger partial charge in [-0.3, -0.25) is 9.59 Å². The van der Waals surface area contributed by atoms with Gasteiger partial charge in [-0.1, -0.05) is 6.58 Å². The summed E-state index contributed by atoms with van der Waals surface area (Å²) in [4.78, 5) is 22.6. The van der Waals surface area contributed by atoms with Crippen LogP contribution in [0.2, 0.25) is 0 Å². The van der Waals surface area contributed by atoms with E-state index in [9.17, 15) is 24.9 Å². The number of aliphatic hydroxyl groups is 3. The Balaban J connectivity index is 2.38. The minimum Gasteiger partial charge on any atom is -0.394 e. The predicted molar refractivity (Wildman–Crippen MR) is 90.0 cm³/mol. The van der Waals surface area contributed by atoms with Crippen LogP contribution in [-0.4, -0.2) is 90.7 Å². The Bertz CT molecular complexity index is 487. The number of hydrogen-bond donors (Lipinski definition) is 5. The number of carbonyl (C=O) groups excluding carboxylic acids is 2. The first-order valence-corrected chi connectivity index (χ1v) is 8.30. The third-order valence-corrected chi connectivity index (χ3v) is 3.68. The van der Waals surface area contributed by atoms with Crippen LogP contribution in [0.5, 0.6) is 0 Å². The van der Waals surface area contributed by atoms with E-state index in [1.165, 1.54) is 6.92 Å². The van der Waals surface area contributed by atoms with E-state index in [2.05, 4.69) is 17.2 Å². The van der Waals surface area contributed by atoms with Gasteiger partial charge in [-0.2, -0.15) is 0 Å². The van der Waals surface area contributed by atoms with Crippen LogP contribution in [0.3, 0.4) is 0 Å². The Kier molecular flexibility index (Phi) is 9.70. The Hall–Kier alpha value is -1.56. The van der Waals surface area contributed by atoms with Crippen LogP contribution in [0.1, 0.15) is 13.8 Å². The summed E-state index contributed by atoms with van der Waals surface area (Å²) in [5.74, 6) is -0.674. The summed E-state index contributed by atoms with van der Waals surface area (Å²) in [7, 11) is 0. The number of hydrogen-bond acceptors (Lipinski definition) is 8. The largest absolute Gasteiger partial charge is 0.394 e. The predicted octanol–water partition coefficient (Wildman–Crippen LogP) is -2.34. The van der Waals surface area contributed by atoms with E-state index in [1.807, 2.05) is 0 Å². The van der Waals surface area contributed by atoms with Crippen molar-refractivity contribution in [1.29, 1.82) is 0 Å². The molecular weight excluding hydrogens is 348 g/mol. The van der Waals surface area contributed by atoms with Gasteiger partial charge in [-0.15, -0.1) is 0 Å². The quantitative estimate of drug-likeness (QED) is 0.210. The van der Waals surface area contributed by atoms with E-state index in [0.29, 0.717) is 12.1 Å². The van der Waals surface area contributed by atoms with Gasteiger partial charge < -0.3 is 40.2 Å². The van der Waals surface area contributed by atoms with Crippen LogP contribution in [0.4, 0.5) is 0 Å². The maximum atomic E-state index is 11.3. The molecule has 0 saturated carbocycles. The molecule has 0 radical (unpaired) electrons. The van der Waals surface area contributed by atoms with E-state index >= 15 is 0 Å². The highest BCUT2D eigenvalue weighted by Crippen LogP contribution is 2.22. The summed E-state index contributed by atoms with van der Waals surface area (Å²) in [6.45, 7) is 6.71. The number of nitrogens with one attached hydrogen (secondary N) is 2. The molecule has 1 aliphatic rings. The van der Waals surface area contributed by atoms with Crippen molar-refractivity contribution in [3.05, 3.63) is 12.2 Å². The molecule has 1 aliphatic heterocycles. The summed E-state index contributed by atoms with van der Waals surface area (Å²) in [6.07, 6.45) is -4.79. The van der Waals surface area contributed by atoms with Gasteiger partial charge >= 0.3 is 0 Å². The molecule has 0 aliphatic carbocycles. The highest BCUT2D eigenvalue weighted by Gasteiger charge is 2.45. The lowest BCUT2D eigenvalue weighted by Crippen LogP contribution is -2.64. The van der Waals surface area contributed by atoms with Gasteiger partial charge in [-0.25, -0.2) is 0 Å². The van der Waals surface area contributed by atoms with Crippen LogP contribution in [0, 0.1) is 0 Å². The van der Waals surface area contributed by atoms with Crippen LogP contribution in [0.15, 0.2) is 12.2 Å². The number of rotatable bonds is 10. The fourth-order valence-corrected chi connectivity index (χ4v) is 2.33. The lowest BCUT2D eigenvalue weighted by molar-refractivity contribution is -0.272. The normalized spacial score (nSPS) is 28.4. The fraction of sp³-hybridized carbons (Fsp3) is 0.750. The van der Waals surface area contributed by atoms with Crippen molar-refractivity contribution in [2.75, 3.05) is 33.0 Å². The first-order valence-electron chi connectivity index (χ1n) is 8.30. The zero-order chi connectivity index (χ0) is 19.7. The first kappa shape index (κ1) is 22.5. The van der Waals surface area contributed by atoms with E-state index in [0.717, 1.165) is 0 Å². The Morgan fingerprint density at radius 1 is 1.15 bits per heavy atom. The monoisotopic (exact) mass is 376 g/mol. The molecule has 1 fully saturated rings. The molecule has 1 rings (SSSR count). The zero-order valence-electron chi connectivity index (χ0n) is 15.0. The summed E-state index contributed by atoms with van der Waals surface area (Å²) in [5, 5.41) is 34.3. The van der Waals surface area contributed by atoms with Crippen molar-refractivity contribution in [3.63, 3.8) is 0 Å². The number of amides is 2. The SMILES string of the molecule is C=C(C)C(=O)NCCOCCO[C@@H]1OC(CO)[C@@H](O)[C@H](O)C1NC(C)=O. The van der Waals surface area contributed by atoms with Gasteiger partial charge in [-0.05, 0) is 6.92 Å². The van der Waals surface area contributed by atoms with E-state index in [4.69, 9.17) is 14.2 Å². The van der Waals surface area contributed by atoms with Crippen LogP contribution < -0.4 is 10.6 Å². The molecule has 0 aromatic heterocycles. The van der Waals surface area contributed by atoms with Crippen molar-refractivity contribution < 1.29 is 39.1 Å².